The first-order chi connectivity index (χ1) is 8.65. The van der Waals surface area contributed by atoms with Crippen LogP contribution in [0.2, 0.25) is 0 Å². The molecule has 1 amide bonds. The molecule has 1 N–H and O–H groups in total. The highest BCUT2D eigenvalue weighted by Crippen LogP contribution is 2.28. The largest absolute Gasteiger partial charge is 0.394 e. The van der Waals surface area contributed by atoms with Crippen molar-refractivity contribution >= 4 is 5.91 Å². The van der Waals surface area contributed by atoms with Crippen molar-refractivity contribution in [2.24, 2.45) is 0 Å². The Morgan fingerprint density at radius 3 is 3.00 bits per heavy atom. The van der Waals surface area contributed by atoms with E-state index in [4.69, 9.17) is 9.84 Å². The molecule has 1 heterocycles. The molecule has 0 bridgehead atoms. The predicted molar refractivity (Wildman–Crippen MR) is 68.2 cm³/mol. The van der Waals surface area contributed by atoms with E-state index in [1.165, 1.54) is 5.56 Å². The van der Waals surface area contributed by atoms with Crippen LogP contribution in [-0.4, -0.2) is 42.2 Å². The lowest BCUT2D eigenvalue weighted by atomic mass is 9.96. The summed E-state index contributed by atoms with van der Waals surface area (Å²) in [6, 6.07) is 7.67. The summed E-state index contributed by atoms with van der Waals surface area (Å²) in [6.07, 6.45) is 0.313. The predicted octanol–water partition coefficient (Wildman–Crippen LogP) is 1.14. The molecule has 0 spiro atoms. The Bertz CT molecular complexity index is 433. The number of amides is 1. The van der Waals surface area contributed by atoms with Gasteiger partial charge in [0.05, 0.1) is 19.3 Å². The molecular weight excluding hydrogens is 230 g/mol. The normalized spacial score (nSPS) is 20.1. The summed E-state index contributed by atoms with van der Waals surface area (Å²) in [4.78, 5) is 13.9. The lowest BCUT2D eigenvalue weighted by Crippen LogP contribution is -2.42. The quantitative estimate of drug-likeness (QED) is 0.874. The maximum absolute atomic E-state index is 12.4. The molecule has 0 aromatic heterocycles. The van der Waals surface area contributed by atoms with Gasteiger partial charge in [0.2, 0.25) is 0 Å². The Labute approximate surface area is 107 Å². The lowest BCUT2D eigenvalue weighted by molar-refractivity contribution is -0.146. The highest BCUT2D eigenvalue weighted by Gasteiger charge is 2.30. The van der Waals surface area contributed by atoms with E-state index in [2.05, 4.69) is 0 Å². The Morgan fingerprint density at radius 2 is 2.28 bits per heavy atom. The van der Waals surface area contributed by atoms with Gasteiger partial charge in [-0.05, 0) is 24.5 Å². The number of fused-ring (bicyclic) bond motifs is 1. The molecule has 0 unspecified atom stereocenters. The summed E-state index contributed by atoms with van der Waals surface area (Å²) in [5.41, 5.74) is 2.12. The molecule has 0 saturated carbocycles. The van der Waals surface area contributed by atoms with Crippen molar-refractivity contribution < 1.29 is 14.6 Å². The van der Waals surface area contributed by atoms with Crippen molar-refractivity contribution in [3.05, 3.63) is 35.4 Å². The lowest BCUT2D eigenvalue weighted by Gasteiger charge is -2.31. The van der Waals surface area contributed by atoms with E-state index in [-0.39, 0.29) is 18.6 Å². The van der Waals surface area contributed by atoms with Crippen LogP contribution >= 0.6 is 0 Å². The number of benzene rings is 1. The Morgan fingerprint density at radius 1 is 1.56 bits per heavy atom. The number of hydrogen-bond acceptors (Lipinski definition) is 3. The molecule has 0 radical (unpaired) electrons. The third kappa shape index (κ3) is 2.40. The first-order valence-corrected chi connectivity index (χ1v) is 6.22. The molecule has 1 aromatic carbocycles. The van der Waals surface area contributed by atoms with Gasteiger partial charge in [-0.25, -0.2) is 0 Å². The van der Waals surface area contributed by atoms with E-state index < -0.39 is 6.10 Å². The maximum Gasteiger partial charge on any atom is 0.256 e. The number of ether oxygens (including phenoxy) is 1. The van der Waals surface area contributed by atoms with E-state index >= 15 is 0 Å². The van der Waals surface area contributed by atoms with Gasteiger partial charge in [-0.15, -0.1) is 0 Å². The number of aliphatic hydroxyl groups is 1. The summed E-state index contributed by atoms with van der Waals surface area (Å²) in [6.45, 7) is 2.33. The van der Waals surface area contributed by atoms with Crippen LogP contribution < -0.4 is 0 Å². The van der Waals surface area contributed by atoms with E-state index in [1.807, 2.05) is 31.2 Å². The summed E-state index contributed by atoms with van der Waals surface area (Å²) in [7, 11) is 1.70. The van der Waals surface area contributed by atoms with Crippen molar-refractivity contribution in [1.29, 1.82) is 0 Å². The van der Waals surface area contributed by atoms with E-state index in [0.29, 0.717) is 6.61 Å². The minimum atomic E-state index is -0.533. The molecule has 1 aliphatic rings. The summed E-state index contributed by atoms with van der Waals surface area (Å²) >= 11 is 0. The number of carbonyl (C=O) groups excluding carboxylic acids is 1. The summed E-state index contributed by atoms with van der Waals surface area (Å²) in [5.74, 6) is -0.0938. The first-order valence-electron chi connectivity index (χ1n) is 6.22. The van der Waals surface area contributed by atoms with E-state index in [9.17, 15) is 4.79 Å². The average Bonchev–Trinajstić information content (AvgIpc) is 2.44. The smallest absolute Gasteiger partial charge is 0.256 e. The molecule has 0 saturated heterocycles. The molecule has 18 heavy (non-hydrogen) atoms. The number of carbonyl (C=O) groups is 1. The molecule has 4 heteroatoms. The fourth-order valence-electron chi connectivity index (χ4n) is 2.12. The summed E-state index contributed by atoms with van der Waals surface area (Å²) < 4.78 is 5.61. The zero-order valence-corrected chi connectivity index (χ0v) is 10.8. The highest BCUT2D eigenvalue weighted by molar-refractivity contribution is 5.83. The second-order valence-electron chi connectivity index (χ2n) is 4.68. The maximum atomic E-state index is 12.4. The van der Waals surface area contributed by atoms with Crippen LogP contribution in [0, 0.1) is 0 Å². The van der Waals surface area contributed by atoms with Crippen molar-refractivity contribution in [2.75, 3.05) is 20.3 Å². The van der Waals surface area contributed by atoms with E-state index in [0.717, 1.165) is 12.0 Å². The third-order valence-electron chi connectivity index (χ3n) is 3.49. The highest BCUT2D eigenvalue weighted by atomic mass is 16.5. The van der Waals surface area contributed by atoms with Gasteiger partial charge < -0.3 is 14.7 Å². The third-order valence-corrected chi connectivity index (χ3v) is 3.49. The van der Waals surface area contributed by atoms with Gasteiger partial charge in [0, 0.05) is 7.05 Å². The SMILES string of the molecule is C[C@@H](CO)N(C)C(=O)[C@H]1OCCc2ccccc21. The Balaban J connectivity index is 2.22. The number of rotatable bonds is 3. The first kappa shape index (κ1) is 13.1. The topological polar surface area (TPSA) is 49.8 Å². The van der Waals surface area contributed by atoms with Crippen LogP contribution in [0.15, 0.2) is 24.3 Å². The van der Waals surface area contributed by atoms with Crippen LogP contribution in [0.4, 0.5) is 0 Å². The molecule has 2 rings (SSSR count). The molecule has 4 nitrogen and oxygen atoms in total. The minimum Gasteiger partial charge on any atom is -0.394 e. The van der Waals surface area contributed by atoms with Crippen LogP contribution in [0.5, 0.6) is 0 Å². The molecule has 98 valence electrons. The second kappa shape index (κ2) is 5.50. The van der Waals surface area contributed by atoms with E-state index in [1.54, 1.807) is 11.9 Å². The van der Waals surface area contributed by atoms with Gasteiger partial charge in [0.25, 0.3) is 5.91 Å². The standard InChI is InChI=1S/C14H19NO3/c1-10(9-16)15(2)14(17)13-12-6-4-3-5-11(12)7-8-18-13/h3-6,10,13,16H,7-9H2,1-2H3/t10-,13-/m0/s1. The monoisotopic (exact) mass is 249 g/mol. The Kier molecular flexibility index (Phi) is 3.99. The number of aliphatic hydroxyl groups excluding tert-OH is 1. The van der Waals surface area contributed by atoms with Crippen molar-refractivity contribution in [2.45, 2.75) is 25.5 Å². The second-order valence-corrected chi connectivity index (χ2v) is 4.68. The molecule has 2 atom stereocenters. The van der Waals surface area contributed by atoms with Crippen LogP contribution in [0.3, 0.4) is 0 Å². The van der Waals surface area contributed by atoms with Crippen LogP contribution in [0.1, 0.15) is 24.2 Å². The number of hydrogen-bond donors (Lipinski definition) is 1. The molecular formula is C14H19NO3. The van der Waals surface area contributed by atoms with Gasteiger partial charge >= 0.3 is 0 Å². The van der Waals surface area contributed by atoms with Gasteiger partial charge in [0.1, 0.15) is 0 Å². The average molecular weight is 249 g/mol. The molecule has 1 aliphatic heterocycles. The fourth-order valence-corrected chi connectivity index (χ4v) is 2.12. The molecule has 0 aliphatic carbocycles. The zero-order chi connectivity index (χ0) is 13.1. The van der Waals surface area contributed by atoms with Gasteiger partial charge in [-0.2, -0.15) is 0 Å². The summed E-state index contributed by atoms with van der Waals surface area (Å²) in [5, 5.41) is 9.11. The van der Waals surface area contributed by atoms with Crippen LogP contribution in [-0.2, 0) is 16.0 Å². The number of nitrogens with zero attached hydrogens (tertiary/aromatic N) is 1. The zero-order valence-electron chi connectivity index (χ0n) is 10.8. The van der Waals surface area contributed by atoms with Gasteiger partial charge in [-0.1, -0.05) is 24.3 Å². The van der Waals surface area contributed by atoms with Crippen molar-refractivity contribution in [3.63, 3.8) is 0 Å². The van der Waals surface area contributed by atoms with Gasteiger partial charge in [0.15, 0.2) is 6.10 Å². The Hall–Kier alpha value is -1.39. The molecule has 1 aromatic rings. The fraction of sp³-hybridized carbons (Fsp3) is 0.500. The molecule has 0 fully saturated rings. The van der Waals surface area contributed by atoms with Gasteiger partial charge in [-0.3, -0.25) is 4.79 Å². The minimum absolute atomic E-state index is 0.0450. The number of likely N-dealkylation sites (N-methyl/N-ethyl adjacent to an activating group) is 1. The van der Waals surface area contributed by atoms with Crippen molar-refractivity contribution in [1.82, 2.24) is 4.90 Å². The van der Waals surface area contributed by atoms with Crippen LogP contribution in [0.25, 0.3) is 0 Å². The van der Waals surface area contributed by atoms with Crippen molar-refractivity contribution in [3.8, 4) is 0 Å².